The molecule has 0 bridgehead atoms. The summed E-state index contributed by atoms with van der Waals surface area (Å²) in [5.74, 6) is -1.08. The molecule has 1 amide bonds. The molecule has 1 aliphatic rings. The molecule has 2 N–H and O–H groups in total. The van der Waals surface area contributed by atoms with Crippen LogP contribution in [0.3, 0.4) is 0 Å². The monoisotopic (exact) mass is 459 g/mol. The number of benzene rings is 2. The maximum absolute atomic E-state index is 13.3. The van der Waals surface area contributed by atoms with Crippen molar-refractivity contribution in [2.45, 2.75) is 19.9 Å². The highest BCUT2D eigenvalue weighted by molar-refractivity contribution is 7.10. The first-order valence-corrected chi connectivity index (χ1v) is 11.2. The Morgan fingerprint density at radius 3 is 2.64 bits per heavy atom. The first-order chi connectivity index (χ1) is 15.9. The maximum Gasteiger partial charge on any atom is 0.302 e. The van der Waals surface area contributed by atoms with Gasteiger partial charge in [-0.25, -0.2) is 4.98 Å². The summed E-state index contributed by atoms with van der Waals surface area (Å²) < 4.78 is 5.53. The SMILES string of the molecule is COc1c(C)cc(C)cc1/C(O)=C1\C(=O)C(=O)N(c2nc3ccccc3[nH]2)C1c1cccs1. The number of nitrogens with one attached hydrogen (secondary N) is 1. The second-order valence-electron chi connectivity index (χ2n) is 7.92. The standard InChI is InChI=1S/C25H21N3O4S/c1-13-11-14(2)23(32-3)15(12-13)21(29)19-20(18-9-6-10-33-18)28(24(31)22(19)30)25-26-16-7-4-5-8-17(16)27-25/h4-12,20,29H,1-3H3,(H,26,27)/b21-19+. The van der Waals surface area contributed by atoms with Gasteiger partial charge in [0.2, 0.25) is 5.95 Å². The Hall–Kier alpha value is -3.91. The number of ketones is 1. The fraction of sp³-hybridized carbons (Fsp3) is 0.160. The molecule has 1 unspecified atom stereocenters. The number of aromatic amines is 1. The number of para-hydroxylation sites is 2. The second-order valence-corrected chi connectivity index (χ2v) is 8.90. The van der Waals surface area contributed by atoms with E-state index in [2.05, 4.69) is 9.97 Å². The third-order valence-corrected chi connectivity index (χ3v) is 6.67. The number of thiophene rings is 1. The molecule has 5 rings (SSSR count). The molecule has 2 aromatic carbocycles. The molecule has 4 aromatic rings. The number of carbonyl (C=O) groups excluding carboxylic acids is 2. The topological polar surface area (TPSA) is 95.5 Å². The van der Waals surface area contributed by atoms with Crippen molar-refractivity contribution in [1.29, 1.82) is 0 Å². The first kappa shape index (κ1) is 21.0. The van der Waals surface area contributed by atoms with Crippen LogP contribution in [0.25, 0.3) is 16.8 Å². The minimum Gasteiger partial charge on any atom is -0.507 e. The zero-order valence-electron chi connectivity index (χ0n) is 18.2. The normalized spacial score (nSPS) is 17.8. The van der Waals surface area contributed by atoms with Crippen molar-refractivity contribution in [2.24, 2.45) is 0 Å². The number of aliphatic hydroxyl groups excluding tert-OH is 1. The first-order valence-electron chi connectivity index (χ1n) is 10.4. The van der Waals surface area contributed by atoms with Crippen LogP contribution in [0.2, 0.25) is 0 Å². The second kappa shape index (κ2) is 7.90. The van der Waals surface area contributed by atoms with Gasteiger partial charge in [-0.05, 0) is 54.6 Å². The molecule has 2 aromatic heterocycles. The minimum absolute atomic E-state index is 0.00575. The van der Waals surface area contributed by atoms with Gasteiger partial charge in [-0.3, -0.25) is 14.5 Å². The average molecular weight is 460 g/mol. The third-order valence-electron chi connectivity index (χ3n) is 5.74. The number of H-pyrrole nitrogens is 1. The summed E-state index contributed by atoms with van der Waals surface area (Å²) in [6.45, 7) is 3.76. The van der Waals surface area contributed by atoms with Crippen LogP contribution in [-0.4, -0.2) is 33.9 Å². The van der Waals surface area contributed by atoms with E-state index in [1.165, 1.54) is 23.3 Å². The van der Waals surface area contributed by atoms with Crippen LogP contribution in [0.5, 0.6) is 5.75 Å². The molecule has 0 spiro atoms. The smallest absolute Gasteiger partial charge is 0.302 e. The van der Waals surface area contributed by atoms with Crippen LogP contribution in [-0.2, 0) is 9.59 Å². The summed E-state index contributed by atoms with van der Waals surface area (Å²) in [7, 11) is 1.51. The molecule has 1 atom stereocenters. The molecule has 1 saturated heterocycles. The van der Waals surface area contributed by atoms with Crippen molar-refractivity contribution in [1.82, 2.24) is 9.97 Å². The van der Waals surface area contributed by atoms with Gasteiger partial charge in [-0.15, -0.1) is 11.3 Å². The van der Waals surface area contributed by atoms with Crippen LogP contribution in [0.1, 0.15) is 27.6 Å². The summed E-state index contributed by atoms with van der Waals surface area (Å²) >= 11 is 1.40. The van der Waals surface area contributed by atoms with Gasteiger partial charge in [0.25, 0.3) is 5.78 Å². The van der Waals surface area contributed by atoms with Crippen LogP contribution < -0.4 is 9.64 Å². The zero-order valence-corrected chi connectivity index (χ0v) is 19.1. The number of ether oxygens (including phenoxy) is 1. The molecular weight excluding hydrogens is 438 g/mol. The molecule has 7 nitrogen and oxygen atoms in total. The largest absolute Gasteiger partial charge is 0.507 e. The Kier molecular flexibility index (Phi) is 5.02. The molecule has 0 saturated carbocycles. The number of aryl methyl sites for hydroxylation is 2. The highest BCUT2D eigenvalue weighted by atomic mass is 32.1. The Labute approximate surface area is 194 Å². The fourth-order valence-corrected chi connectivity index (χ4v) is 5.19. The molecule has 0 aliphatic carbocycles. The Morgan fingerprint density at radius 1 is 1.15 bits per heavy atom. The van der Waals surface area contributed by atoms with Crippen molar-refractivity contribution in [3.8, 4) is 5.75 Å². The van der Waals surface area contributed by atoms with Gasteiger partial charge in [-0.1, -0.05) is 24.3 Å². The molecule has 33 heavy (non-hydrogen) atoms. The van der Waals surface area contributed by atoms with Crippen molar-refractivity contribution >= 4 is 45.8 Å². The summed E-state index contributed by atoms with van der Waals surface area (Å²) in [6, 6.07) is 13.9. The van der Waals surface area contributed by atoms with Gasteiger partial charge < -0.3 is 14.8 Å². The van der Waals surface area contributed by atoms with E-state index in [1.54, 1.807) is 6.07 Å². The van der Waals surface area contributed by atoms with E-state index in [9.17, 15) is 14.7 Å². The number of hydrogen-bond donors (Lipinski definition) is 2. The van der Waals surface area contributed by atoms with E-state index in [1.807, 2.05) is 61.7 Å². The Morgan fingerprint density at radius 2 is 1.94 bits per heavy atom. The highest BCUT2D eigenvalue weighted by Crippen LogP contribution is 2.44. The van der Waals surface area contributed by atoms with Crippen molar-refractivity contribution in [3.05, 3.63) is 81.1 Å². The number of amides is 1. The van der Waals surface area contributed by atoms with E-state index in [-0.39, 0.29) is 17.3 Å². The van der Waals surface area contributed by atoms with Gasteiger partial charge in [0.1, 0.15) is 17.6 Å². The average Bonchev–Trinajstić information content (AvgIpc) is 3.51. The van der Waals surface area contributed by atoms with E-state index in [0.29, 0.717) is 16.8 Å². The van der Waals surface area contributed by atoms with Crippen molar-refractivity contribution < 1.29 is 19.4 Å². The number of carbonyl (C=O) groups is 2. The molecule has 3 heterocycles. The van der Waals surface area contributed by atoms with Crippen LogP contribution in [0.4, 0.5) is 5.95 Å². The van der Waals surface area contributed by atoms with Gasteiger partial charge in [0.05, 0.1) is 29.3 Å². The maximum atomic E-state index is 13.3. The number of aliphatic hydroxyl groups is 1. The third kappa shape index (κ3) is 3.30. The number of methoxy groups -OCH3 is 1. The Balaban J connectivity index is 1.76. The van der Waals surface area contributed by atoms with E-state index in [4.69, 9.17) is 4.74 Å². The number of hydrogen-bond acceptors (Lipinski definition) is 6. The molecule has 1 aliphatic heterocycles. The van der Waals surface area contributed by atoms with Crippen LogP contribution >= 0.6 is 11.3 Å². The minimum atomic E-state index is -0.823. The summed E-state index contributed by atoms with van der Waals surface area (Å²) in [4.78, 5) is 36.3. The lowest BCUT2D eigenvalue weighted by molar-refractivity contribution is -0.132. The lowest BCUT2D eigenvalue weighted by atomic mass is 9.97. The molecule has 1 fully saturated rings. The lowest BCUT2D eigenvalue weighted by Gasteiger charge is -2.22. The number of anilines is 1. The fourth-order valence-electron chi connectivity index (χ4n) is 4.37. The van der Waals surface area contributed by atoms with Gasteiger partial charge in [0.15, 0.2) is 0 Å². The summed E-state index contributed by atoms with van der Waals surface area (Å²) in [5, 5.41) is 13.3. The van der Waals surface area contributed by atoms with Crippen molar-refractivity contribution in [2.75, 3.05) is 12.0 Å². The lowest BCUT2D eigenvalue weighted by Crippen LogP contribution is -2.30. The number of imidazole rings is 1. The quantitative estimate of drug-likeness (QED) is 0.258. The van der Waals surface area contributed by atoms with Gasteiger partial charge in [-0.2, -0.15) is 0 Å². The molecule has 8 heteroatoms. The molecular formula is C25H21N3O4S. The molecule has 0 radical (unpaired) electrons. The van der Waals surface area contributed by atoms with Gasteiger partial charge in [0, 0.05) is 4.88 Å². The predicted molar refractivity (Wildman–Crippen MR) is 128 cm³/mol. The van der Waals surface area contributed by atoms with Gasteiger partial charge >= 0.3 is 5.91 Å². The zero-order chi connectivity index (χ0) is 23.3. The van der Waals surface area contributed by atoms with Crippen LogP contribution in [0, 0.1) is 13.8 Å². The van der Waals surface area contributed by atoms with Crippen LogP contribution in [0.15, 0.2) is 59.5 Å². The van der Waals surface area contributed by atoms with Crippen molar-refractivity contribution in [3.63, 3.8) is 0 Å². The van der Waals surface area contributed by atoms with E-state index < -0.39 is 17.7 Å². The highest BCUT2D eigenvalue weighted by Gasteiger charge is 2.49. The molecule has 166 valence electrons. The number of rotatable bonds is 4. The number of aromatic nitrogens is 2. The van der Waals surface area contributed by atoms with E-state index in [0.717, 1.165) is 21.5 Å². The number of Topliss-reactive ketones (excluding diaryl/α,β-unsaturated/α-hetero) is 1. The Bertz CT molecular complexity index is 1400. The van der Waals surface area contributed by atoms with E-state index >= 15 is 0 Å². The summed E-state index contributed by atoms with van der Waals surface area (Å²) in [6.07, 6.45) is 0. The number of fused-ring (bicyclic) bond motifs is 1. The predicted octanol–water partition coefficient (Wildman–Crippen LogP) is 4.88. The summed E-state index contributed by atoms with van der Waals surface area (Å²) in [5.41, 5.74) is 3.52. The number of nitrogens with zero attached hydrogens (tertiary/aromatic N) is 2.